The summed E-state index contributed by atoms with van der Waals surface area (Å²) in [6, 6.07) is 7.53. The highest BCUT2D eigenvalue weighted by molar-refractivity contribution is 5.97. The number of hydrogen-bond donors (Lipinski definition) is 0. The minimum Gasteiger partial charge on any atom is -0.497 e. The smallest absolute Gasteiger partial charge is 0.271 e. The van der Waals surface area contributed by atoms with Gasteiger partial charge < -0.3 is 14.0 Å². The lowest BCUT2D eigenvalue weighted by molar-refractivity contribution is -0.384. The molecule has 0 aliphatic heterocycles. The van der Waals surface area contributed by atoms with E-state index in [4.69, 9.17) is 9.47 Å². The number of ether oxygens (including phenoxy) is 2. The average molecular weight is 314 g/mol. The lowest BCUT2D eigenvalue weighted by Crippen LogP contribution is -2.11. The molecule has 0 saturated heterocycles. The van der Waals surface area contributed by atoms with Gasteiger partial charge in [0.05, 0.1) is 35.6 Å². The van der Waals surface area contributed by atoms with Gasteiger partial charge in [0.1, 0.15) is 11.5 Å². The number of pyridine rings is 1. The molecule has 23 heavy (non-hydrogen) atoms. The molecular formula is C16H14N2O5. The van der Waals surface area contributed by atoms with Crippen molar-refractivity contribution in [2.24, 2.45) is 7.05 Å². The Morgan fingerprint density at radius 3 is 2.43 bits per heavy atom. The van der Waals surface area contributed by atoms with Crippen LogP contribution in [0.5, 0.6) is 11.5 Å². The average Bonchev–Trinajstić information content (AvgIpc) is 2.57. The zero-order valence-corrected chi connectivity index (χ0v) is 12.8. The number of non-ortho nitro benzene ring substituents is 1. The SMILES string of the molecule is COc1cc(OC)c2c(=O)c3ccc([N+](=O)[O-])cc3n(C)c2c1. The number of fused-ring (bicyclic) bond motifs is 2. The Hall–Kier alpha value is -3.09. The van der Waals surface area contributed by atoms with Crippen LogP contribution < -0.4 is 14.9 Å². The second kappa shape index (κ2) is 5.28. The van der Waals surface area contributed by atoms with Crippen molar-refractivity contribution in [2.45, 2.75) is 0 Å². The number of aromatic nitrogens is 1. The van der Waals surface area contributed by atoms with Gasteiger partial charge in [-0.25, -0.2) is 0 Å². The van der Waals surface area contributed by atoms with Crippen LogP contribution >= 0.6 is 0 Å². The Morgan fingerprint density at radius 2 is 1.83 bits per heavy atom. The maximum absolute atomic E-state index is 12.8. The second-order valence-electron chi connectivity index (χ2n) is 5.07. The molecule has 0 N–H and O–H groups in total. The van der Waals surface area contributed by atoms with Gasteiger partial charge in [0.25, 0.3) is 5.69 Å². The number of nitro benzene ring substituents is 1. The molecule has 3 aromatic rings. The number of rotatable bonds is 3. The Balaban J connectivity index is 2.55. The van der Waals surface area contributed by atoms with Gasteiger partial charge >= 0.3 is 0 Å². The molecule has 1 aromatic heterocycles. The van der Waals surface area contributed by atoms with Crippen molar-refractivity contribution in [1.29, 1.82) is 0 Å². The fourth-order valence-electron chi connectivity index (χ4n) is 2.72. The summed E-state index contributed by atoms with van der Waals surface area (Å²) in [7, 11) is 4.74. The summed E-state index contributed by atoms with van der Waals surface area (Å²) in [5.74, 6) is 0.939. The Morgan fingerprint density at radius 1 is 1.09 bits per heavy atom. The molecule has 0 atom stereocenters. The van der Waals surface area contributed by atoms with Crippen LogP contribution in [0.3, 0.4) is 0 Å². The van der Waals surface area contributed by atoms with Gasteiger partial charge in [-0.05, 0) is 6.07 Å². The van der Waals surface area contributed by atoms with Gasteiger partial charge in [0, 0.05) is 36.7 Å². The minimum atomic E-state index is -0.486. The molecule has 0 unspecified atom stereocenters. The predicted octanol–water partition coefficient (Wildman–Crippen LogP) is 2.62. The van der Waals surface area contributed by atoms with Crippen molar-refractivity contribution in [1.82, 2.24) is 4.57 Å². The van der Waals surface area contributed by atoms with E-state index < -0.39 is 4.92 Å². The van der Waals surface area contributed by atoms with E-state index in [2.05, 4.69) is 0 Å². The maximum atomic E-state index is 12.8. The van der Waals surface area contributed by atoms with Crippen LogP contribution in [-0.4, -0.2) is 23.7 Å². The molecule has 118 valence electrons. The monoisotopic (exact) mass is 314 g/mol. The highest BCUT2D eigenvalue weighted by Crippen LogP contribution is 2.31. The molecule has 0 bridgehead atoms. The molecule has 0 fully saturated rings. The van der Waals surface area contributed by atoms with Crippen molar-refractivity contribution in [3.63, 3.8) is 0 Å². The molecule has 0 spiro atoms. The van der Waals surface area contributed by atoms with Crippen molar-refractivity contribution in [3.05, 3.63) is 50.7 Å². The van der Waals surface area contributed by atoms with Gasteiger partial charge in [-0.2, -0.15) is 0 Å². The van der Waals surface area contributed by atoms with E-state index in [0.29, 0.717) is 33.3 Å². The number of methoxy groups -OCH3 is 2. The van der Waals surface area contributed by atoms with E-state index in [0.717, 1.165) is 0 Å². The highest BCUT2D eigenvalue weighted by Gasteiger charge is 2.17. The first-order valence-electron chi connectivity index (χ1n) is 6.80. The molecular weight excluding hydrogens is 300 g/mol. The quantitative estimate of drug-likeness (QED) is 0.421. The van der Waals surface area contributed by atoms with Gasteiger partial charge in [-0.3, -0.25) is 14.9 Å². The third-order valence-electron chi connectivity index (χ3n) is 3.90. The second-order valence-corrected chi connectivity index (χ2v) is 5.07. The third kappa shape index (κ3) is 2.17. The first kappa shape index (κ1) is 14.8. The fourth-order valence-corrected chi connectivity index (χ4v) is 2.72. The van der Waals surface area contributed by atoms with E-state index >= 15 is 0 Å². The fraction of sp³-hybridized carbons (Fsp3) is 0.188. The van der Waals surface area contributed by atoms with Gasteiger partial charge in [-0.1, -0.05) is 0 Å². The zero-order valence-electron chi connectivity index (χ0n) is 12.8. The summed E-state index contributed by atoms with van der Waals surface area (Å²) in [6.07, 6.45) is 0. The third-order valence-corrected chi connectivity index (χ3v) is 3.90. The van der Waals surface area contributed by atoms with E-state index in [1.165, 1.54) is 32.4 Å². The zero-order chi connectivity index (χ0) is 16.7. The Kier molecular flexibility index (Phi) is 3.40. The first-order chi connectivity index (χ1) is 11.0. The van der Waals surface area contributed by atoms with Crippen molar-refractivity contribution < 1.29 is 14.4 Å². The highest BCUT2D eigenvalue weighted by atomic mass is 16.6. The van der Waals surface area contributed by atoms with Crippen molar-refractivity contribution >= 4 is 27.5 Å². The summed E-state index contributed by atoms with van der Waals surface area (Å²) >= 11 is 0. The van der Waals surface area contributed by atoms with Gasteiger partial charge in [0.15, 0.2) is 0 Å². The van der Waals surface area contributed by atoms with Crippen molar-refractivity contribution in [2.75, 3.05) is 14.2 Å². The largest absolute Gasteiger partial charge is 0.497 e. The lowest BCUT2D eigenvalue weighted by Gasteiger charge is -2.14. The van der Waals surface area contributed by atoms with Crippen LogP contribution in [-0.2, 0) is 7.05 Å². The van der Waals surface area contributed by atoms with E-state index in [9.17, 15) is 14.9 Å². The number of aryl methyl sites for hydroxylation is 1. The molecule has 1 heterocycles. The summed E-state index contributed by atoms with van der Waals surface area (Å²) in [4.78, 5) is 23.3. The molecule has 0 aliphatic carbocycles. The molecule has 2 aromatic carbocycles. The molecule has 0 radical (unpaired) electrons. The Bertz CT molecular complexity index is 1010. The van der Waals surface area contributed by atoms with E-state index in [1.807, 2.05) is 0 Å². The normalized spacial score (nSPS) is 10.9. The molecule has 3 rings (SSSR count). The molecule has 7 nitrogen and oxygen atoms in total. The van der Waals surface area contributed by atoms with Crippen LogP contribution in [0.15, 0.2) is 35.1 Å². The maximum Gasteiger partial charge on any atom is 0.271 e. The molecule has 0 saturated carbocycles. The molecule has 0 amide bonds. The Labute approximate surface area is 130 Å². The minimum absolute atomic E-state index is 0.0679. The van der Waals surface area contributed by atoms with Crippen LogP contribution in [0.25, 0.3) is 21.8 Å². The van der Waals surface area contributed by atoms with Crippen LogP contribution in [0.2, 0.25) is 0 Å². The van der Waals surface area contributed by atoms with Gasteiger partial charge in [-0.15, -0.1) is 0 Å². The molecule has 7 heteroatoms. The lowest BCUT2D eigenvalue weighted by atomic mass is 10.1. The first-order valence-corrected chi connectivity index (χ1v) is 6.80. The van der Waals surface area contributed by atoms with Crippen LogP contribution in [0.1, 0.15) is 0 Å². The summed E-state index contributed by atoms with van der Waals surface area (Å²) < 4.78 is 12.3. The topological polar surface area (TPSA) is 83.6 Å². The summed E-state index contributed by atoms with van der Waals surface area (Å²) in [6.45, 7) is 0. The van der Waals surface area contributed by atoms with Gasteiger partial charge in [0.2, 0.25) is 5.43 Å². The van der Waals surface area contributed by atoms with E-state index in [1.54, 1.807) is 23.7 Å². The van der Waals surface area contributed by atoms with Crippen LogP contribution in [0.4, 0.5) is 5.69 Å². The number of benzene rings is 2. The standard InChI is InChI=1S/C16H14N2O5/c1-17-12-6-9(18(20)21)4-5-11(12)16(19)15-13(17)7-10(22-2)8-14(15)23-3/h4-8H,1-3H3. The van der Waals surface area contributed by atoms with Crippen LogP contribution in [0, 0.1) is 10.1 Å². The summed E-state index contributed by atoms with van der Waals surface area (Å²) in [5.41, 5.74) is 0.760. The number of hydrogen-bond acceptors (Lipinski definition) is 5. The predicted molar refractivity (Wildman–Crippen MR) is 86.5 cm³/mol. The number of nitrogens with zero attached hydrogens (tertiary/aromatic N) is 2. The van der Waals surface area contributed by atoms with Crippen molar-refractivity contribution in [3.8, 4) is 11.5 Å². The molecule has 0 aliphatic rings. The van der Waals surface area contributed by atoms with E-state index in [-0.39, 0.29) is 11.1 Å². The summed E-state index contributed by atoms with van der Waals surface area (Å²) in [5, 5.41) is 11.8. The number of nitro groups is 1.